The molecule has 4 rings (SSSR count). The minimum atomic E-state index is -0.168. The Balaban J connectivity index is 1.61. The molecular weight excluding hydrogens is 473 g/mol. The number of nitrogens with one attached hydrogen (secondary N) is 1. The van der Waals surface area contributed by atoms with E-state index in [0.29, 0.717) is 25.8 Å². The summed E-state index contributed by atoms with van der Waals surface area (Å²) in [6.45, 7) is 10.8. The largest absolute Gasteiger partial charge is 0.318 e. The molecule has 0 bridgehead atoms. The lowest BCUT2D eigenvalue weighted by Gasteiger charge is -2.20. The van der Waals surface area contributed by atoms with Crippen molar-refractivity contribution in [1.82, 2.24) is 9.88 Å². The minimum absolute atomic E-state index is 0.110. The van der Waals surface area contributed by atoms with Crippen LogP contribution in [0.1, 0.15) is 43.3 Å². The van der Waals surface area contributed by atoms with Gasteiger partial charge in [-0.15, -0.1) is 0 Å². The first-order valence-electron chi connectivity index (χ1n) is 10.6. The number of amidine groups is 1. The van der Waals surface area contributed by atoms with Crippen LogP contribution in [0.15, 0.2) is 58.4 Å². The smallest absolute Gasteiger partial charge is 0.264 e. The number of hydrogen-bond donors (Lipinski definition) is 1. The zero-order chi connectivity index (χ0) is 23.9. The highest BCUT2D eigenvalue weighted by molar-refractivity contribution is 8.18. The molecule has 2 aromatic carbocycles. The van der Waals surface area contributed by atoms with Gasteiger partial charge in [-0.2, -0.15) is 0 Å². The standard InChI is InChI=1S/C26H25Cl2N3OS/c1-15-12-17(16(2)31(15)20-9-6-18(7-10-20)26(3,4)5)13-23-24(32)30-25(33-23)29-19-8-11-21(27)22(28)14-19/h6-14H,1-5H3,(H,29,30,32)/b23-13-. The van der Waals surface area contributed by atoms with Crippen LogP contribution in [0.3, 0.4) is 0 Å². The number of rotatable bonds is 3. The van der Waals surface area contributed by atoms with Gasteiger partial charge in [-0.05, 0) is 84.6 Å². The lowest BCUT2D eigenvalue weighted by atomic mass is 9.87. The average Bonchev–Trinajstić information content (AvgIpc) is 3.22. The van der Waals surface area contributed by atoms with Crippen LogP contribution in [0.2, 0.25) is 10.0 Å². The zero-order valence-electron chi connectivity index (χ0n) is 19.2. The second kappa shape index (κ2) is 9.05. The van der Waals surface area contributed by atoms with Gasteiger partial charge in [0.25, 0.3) is 5.91 Å². The van der Waals surface area contributed by atoms with Gasteiger partial charge >= 0.3 is 0 Å². The lowest BCUT2D eigenvalue weighted by Crippen LogP contribution is -2.19. The van der Waals surface area contributed by atoms with E-state index >= 15 is 0 Å². The molecule has 0 atom stereocenters. The van der Waals surface area contributed by atoms with E-state index in [0.717, 1.165) is 22.6 Å². The Morgan fingerprint density at radius 2 is 1.70 bits per heavy atom. The molecule has 170 valence electrons. The Morgan fingerprint density at radius 1 is 1.00 bits per heavy atom. The second-order valence-corrected chi connectivity index (χ2v) is 10.9. The molecule has 1 aliphatic heterocycles. The Hall–Kier alpha value is -2.47. The molecule has 2 heterocycles. The maximum atomic E-state index is 12.6. The number of aromatic nitrogens is 1. The lowest BCUT2D eigenvalue weighted by molar-refractivity contribution is -0.115. The van der Waals surface area contributed by atoms with E-state index in [1.54, 1.807) is 18.2 Å². The first-order chi connectivity index (χ1) is 15.5. The second-order valence-electron chi connectivity index (χ2n) is 9.04. The molecule has 1 amide bonds. The van der Waals surface area contributed by atoms with Crippen LogP contribution < -0.4 is 5.32 Å². The van der Waals surface area contributed by atoms with Gasteiger partial charge in [0, 0.05) is 17.1 Å². The summed E-state index contributed by atoms with van der Waals surface area (Å²) in [4.78, 5) is 17.6. The number of amides is 1. The predicted octanol–water partition coefficient (Wildman–Crippen LogP) is 7.59. The molecule has 7 heteroatoms. The van der Waals surface area contributed by atoms with Crippen LogP contribution >= 0.6 is 35.0 Å². The number of halogens is 2. The normalized spacial score (nSPS) is 16.6. The number of carbonyl (C=O) groups excluding carboxylic acids is 1. The third-order valence-corrected chi connectivity index (χ3v) is 7.18. The molecule has 0 aliphatic carbocycles. The van der Waals surface area contributed by atoms with E-state index in [9.17, 15) is 4.79 Å². The number of carbonyl (C=O) groups is 1. The molecular formula is C26H25Cl2N3OS. The van der Waals surface area contributed by atoms with Crippen LogP contribution in [0.4, 0.5) is 5.69 Å². The average molecular weight is 498 g/mol. The van der Waals surface area contributed by atoms with Crippen LogP contribution in [0, 0.1) is 13.8 Å². The third-order valence-electron chi connectivity index (χ3n) is 5.53. The van der Waals surface area contributed by atoms with Crippen molar-refractivity contribution in [1.29, 1.82) is 0 Å². The van der Waals surface area contributed by atoms with Crippen molar-refractivity contribution in [3.63, 3.8) is 0 Å². The molecule has 0 unspecified atom stereocenters. The van der Waals surface area contributed by atoms with Crippen molar-refractivity contribution in [2.75, 3.05) is 0 Å². The van der Waals surface area contributed by atoms with Crippen LogP contribution in [-0.4, -0.2) is 15.6 Å². The molecule has 33 heavy (non-hydrogen) atoms. The summed E-state index contributed by atoms with van der Waals surface area (Å²) >= 11 is 13.3. The number of aryl methyl sites for hydroxylation is 1. The first-order valence-corrected chi connectivity index (χ1v) is 12.1. The Labute approximate surface area is 208 Å². The SMILES string of the molecule is Cc1cc(/C=C2\SC(=Nc3ccc(Cl)c(Cl)c3)NC2=O)c(C)n1-c1ccc(C(C)(C)C)cc1. The molecule has 1 aromatic heterocycles. The van der Waals surface area contributed by atoms with Crippen molar-refractivity contribution in [2.24, 2.45) is 4.99 Å². The number of benzene rings is 2. The molecule has 1 aliphatic rings. The number of aliphatic imine (C=N–C) groups is 1. The molecule has 0 spiro atoms. The summed E-state index contributed by atoms with van der Waals surface area (Å²) in [7, 11) is 0. The number of nitrogens with zero attached hydrogens (tertiary/aromatic N) is 2. The van der Waals surface area contributed by atoms with E-state index < -0.39 is 0 Å². The molecule has 1 N–H and O–H groups in total. The molecule has 1 saturated heterocycles. The summed E-state index contributed by atoms with van der Waals surface area (Å²) in [5, 5.41) is 4.22. The Kier molecular flexibility index (Phi) is 6.50. The molecule has 3 aromatic rings. The maximum Gasteiger partial charge on any atom is 0.264 e. The van der Waals surface area contributed by atoms with E-state index in [1.165, 1.54) is 17.3 Å². The molecule has 0 radical (unpaired) electrons. The minimum Gasteiger partial charge on any atom is -0.318 e. The predicted molar refractivity (Wildman–Crippen MR) is 141 cm³/mol. The summed E-state index contributed by atoms with van der Waals surface area (Å²) in [5.74, 6) is -0.168. The highest BCUT2D eigenvalue weighted by Crippen LogP contribution is 2.32. The Morgan fingerprint density at radius 3 is 2.33 bits per heavy atom. The van der Waals surface area contributed by atoms with Crippen molar-refractivity contribution in [2.45, 2.75) is 40.0 Å². The topological polar surface area (TPSA) is 46.4 Å². The summed E-state index contributed by atoms with van der Waals surface area (Å²) in [6.07, 6.45) is 1.92. The van der Waals surface area contributed by atoms with Gasteiger partial charge in [0.05, 0.1) is 20.6 Å². The van der Waals surface area contributed by atoms with Gasteiger partial charge in [0.1, 0.15) is 0 Å². The molecule has 4 nitrogen and oxygen atoms in total. The highest BCUT2D eigenvalue weighted by atomic mass is 35.5. The van der Waals surface area contributed by atoms with Crippen LogP contribution in [0.25, 0.3) is 11.8 Å². The van der Waals surface area contributed by atoms with Crippen molar-refractivity contribution in [3.05, 3.63) is 86.0 Å². The van der Waals surface area contributed by atoms with Gasteiger partial charge in [0.15, 0.2) is 5.17 Å². The van der Waals surface area contributed by atoms with Gasteiger partial charge in [-0.25, -0.2) is 4.99 Å². The molecule has 1 fully saturated rings. The van der Waals surface area contributed by atoms with E-state index in [4.69, 9.17) is 23.2 Å². The van der Waals surface area contributed by atoms with E-state index in [1.807, 2.05) is 6.08 Å². The summed E-state index contributed by atoms with van der Waals surface area (Å²) in [5.41, 5.74) is 6.32. The van der Waals surface area contributed by atoms with Crippen molar-refractivity contribution in [3.8, 4) is 5.69 Å². The Bertz CT molecular complexity index is 1300. The third kappa shape index (κ3) is 5.06. The quantitative estimate of drug-likeness (QED) is 0.378. The fourth-order valence-electron chi connectivity index (χ4n) is 3.74. The van der Waals surface area contributed by atoms with Crippen LogP contribution in [0.5, 0.6) is 0 Å². The van der Waals surface area contributed by atoms with Crippen molar-refractivity contribution >= 4 is 57.8 Å². The van der Waals surface area contributed by atoms with Gasteiger partial charge in [-0.1, -0.05) is 56.1 Å². The van der Waals surface area contributed by atoms with E-state index in [2.05, 4.69) is 79.8 Å². The highest BCUT2D eigenvalue weighted by Gasteiger charge is 2.25. The van der Waals surface area contributed by atoms with Gasteiger partial charge in [-0.3, -0.25) is 4.79 Å². The number of thioether (sulfide) groups is 1. The number of hydrogen-bond acceptors (Lipinski definition) is 3. The zero-order valence-corrected chi connectivity index (χ0v) is 21.5. The van der Waals surface area contributed by atoms with Gasteiger partial charge < -0.3 is 9.88 Å². The van der Waals surface area contributed by atoms with Crippen LogP contribution in [-0.2, 0) is 10.2 Å². The summed E-state index contributed by atoms with van der Waals surface area (Å²) in [6, 6.07) is 15.9. The maximum absolute atomic E-state index is 12.6. The summed E-state index contributed by atoms with van der Waals surface area (Å²) < 4.78 is 2.21. The first kappa shape index (κ1) is 23.7. The van der Waals surface area contributed by atoms with Crippen molar-refractivity contribution < 1.29 is 4.79 Å². The monoisotopic (exact) mass is 497 g/mol. The fraction of sp³-hybridized carbons (Fsp3) is 0.231. The fourth-order valence-corrected chi connectivity index (χ4v) is 4.86. The molecule has 0 saturated carbocycles. The van der Waals surface area contributed by atoms with E-state index in [-0.39, 0.29) is 11.3 Å². The van der Waals surface area contributed by atoms with Gasteiger partial charge in [0.2, 0.25) is 0 Å².